The minimum Gasteiger partial charge on any atom is -0.468 e. The molecule has 5 nitrogen and oxygen atoms in total. The van der Waals surface area contributed by atoms with Crippen LogP contribution in [-0.2, 0) is 27.3 Å². The lowest BCUT2D eigenvalue weighted by Gasteiger charge is -2.05. The minimum absolute atomic E-state index is 0.0103. The molecule has 0 atom stereocenters. The molecule has 136 valence electrons. The van der Waals surface area contributed by atoms with Crippen molar-refractivity contribution in [1.82, 2.24) is 4.57 Å². The van der Waals surface area contributed by atoms with Gasteiger partial charge >= 0.3 is 5.97 Å². The summed E-state index contributed by atoms with van der Waals surface area (Å²) >= 11 is 8.67. The van der Waals surface area contributed by atoms with Crippen LogP contribution in [0.15, 0.2) is 29.3 Å². The average molecular weight is 409 g/mol. The number of methoxy groups -OCH3 is 1. The van der Waals surface area contributed by atoms with Gasteiger partial charge in [-0.25, -0.2) is 0 Å². The smallest absolute Gasteiger partial charge is 0.325 e. The van der Waals surface area contributed by atoms with E-state index in [4.69, 9.17) is 16.3 Å². The number of thiazole rings is 1. The number of amides is 1. The summed E-state index contributed by atoms with van der Waals surface area (Å²) in [6.45, 7) is 4.01. The van der Waals surface area contributed by atoms with Crippen molar-refractivity contribution in [1.29, 1.82) is 0 Å². The Morgan fingerprint density at radius 3 is 2.65 bits per heavy atom. The van der Waals surface area contributed by atoms with Crippen LogP contribution in [0.2, 0.25) is 4.34 Å². The largest absolute Gasteiger partial charge is 0.468 e. The molecule has 8 heteroatoms. The van der Waals surface area contributed by atoms with Gasteiger partial charge in [0.25, 0.3) is 5.91 Å². The summed E-state index contributed by atoms with van der Waals surface area (Å²) in [5.41, 5.74) is 3.05. The zero-order chi connectivity index (χ0) is 18.8. The van der Waals surface area contributed by atoms with E-state index in [1.807, 2.05) is 26.0 Å². The Kier molecular flexibility index (Phi) is 5.60. The second kappa shape index (κ2) is 7.73. The Hall–Kier alpha value is -1.96. The van der Waals surface area contributed by atoms with Crippen LogP contribution in [0.3, 0.4) is 0 Å². The van der Waals surface area contributed by atoms with Crippen LogP contribution in [0.5, 0.6) is 0 Å². The SMILES string of the molecule is COC(=O)Cn1c(=NC(=O)Cc2ccc(Cl)s2)sc2c(C)cc(C)cc21. The fourth-order valence-electron chi connectivity index (χ4n) is 2.69. The van der Waals surface area contributed by atoms with Gasteiger partial charge in [-0.2, -0.15) is 4.99 Å². The van der Waals surface area contributed by atoms with Gasteiger partial charge < -0.3 is 9.30 Å². The van der Waals surface area contributed by atoms with Gasteiger partial charge in [-0.1, -0.05) is 29.0 Å². The first-order chi connectivity index (χ1) is 12.4. The maximum atomic E-state index is 12.4. The van der Waals surface area contributed by atoms with E-state index in [0.717, 1.165) is 26.2 Å². The quantitative estimate of drug-likeness (QED) is 0.615. The van der Waals surface area contributed by atoms with E-state index in [1.165, 1.54) is 29.8 Å². The molecule has 0 spiro atoms. The molecule has 0 unspecified atom stereocenters. The Morgan fingerprint density at radius 2 is 2.00 bits per heavy atom. The number of carbonyl (C=O) groups is 2. The summed E-state index contributed by atoms with van der Waals surface area (Å²) in [7, 11) is 1.34. The standard InChI is InChI=1S/C18H17ClN2O3S2/c1-10-6-11(2)17-13(7-10)21(9-16(23)24-3)18(26-17)20-15(22)8-12-4-5-14(19)25-12/h4-7H,8-9H2,1-3H3. The number of halogens is 1. The molecule has 0 bridgehead atoms. The summed E-state index contributed by atoms with van der Waals surface area (Å²) < 4.78 is 8.18. The van der Waals surface area contributed by atoms with E-state index in [0.29, 0.717) is 9.14 Å². The van der Waals surface area contributed by atoms with Crippen LogP contribution < -0.4 is 4.80 Å². The normalized spacial score (nSPS) is 11.9. The number of hydrogen-bond acceptors (Lipinski definition) is 5. The van der Waals surface area contributed by atoms with Gasteiger partial charge in [0.1, 0.15) is 6.54 Å². The highest BCUT2D eigenvalue weighted by molar-refractivity contribution is 7.16. The molecule has 0 fully saturated rings. The minimum atomic E-state index is -0.386. The fourth-order valence-corrected chi connectivity index (χ4v) is 4.86. The summed E-state index contributed by atoms with van der Waals surface area (Å²) in [6.07, 6.45) is 0.182. The molecule has 2 aromatic heterocycles. The molecule has 26 heavy (non-hydrogen) atoms. The first-order valence-electron chi connectivity index (χ1n) is 7.86. The van der Waals surface area contributed by atoms with Crippen LogP contribution >= 0.6 is 34.3 Å². The number of esters is 1. The molecule has 0 aliphatic carbocycles. The number of ether oxygens (including phenoxy) is 1. The Labute approximate surface area is 163 Å². The Balaban J connectivity index is 2.08. The highest BCUT2D eigenvalue weighted by Crippen LogP contribution is 2.24. The lowest BCUT2D eigenvalue weighted by Crippen LogP contribution is -2.22. The number of thiophene rings is 1. The molecule has 0 aliphatic rings. The third-order valence-corrected chi connectivity index (χ3v) is 6.26. The first-order valence-corrected chi connectivity index (χ1v) is 9.87. The first kappa shape index (κ1) is 18.8. The zero-order valence-electron chi connectivity index (χ0n) is 14.5. The Bertz CT molecular complexity index is 1060. The van der Waals surface area contributed by atoms with Gasteiger partial charge in [0, 0.05) is 4.88 Å². The number of carbonyl (C=O) groups excluding carboxylic acids is 2. The summed E-state index contributed by atoms with van der Waals surface area (Å²) in [6, 6.07) is 7.64. The lowest BCUT2D eigenvalue weighted by atomic mass is 10.1. The second-order valence-electron chi connectivity index (χ2n) is 5.87. The van der Waals surface area contributed by atoms with E-state index >= 15 is 0 Å². The summed E-state index contributed by atoms with van der Waals surface area (Å²) in [5.74, 6) is -0.661. The van der Waals surface area contributed by atoms with Gasteiger partial charge in [0.2, 0.25) is 0 Å². The molecule has 1 aromatic carbocycles. The maximum Gasteiger partial charge on any atom is 0.325 e. The van der Waals surface area contributed by atoms with Crippen molar-refractivity contribution in [2.45, 2.75) is 26.8 Å². The topological polar surface area (TPSA) is 60.7 Å². The predicted molar refractivity (Wildman–Crippen MR) is 105 cm³/mol. The van der Waals surface area contributed by atoms with Gasteiger partial charge in [-0.05, 0) is 43.2 Å². The van der Waals surface area contributed by atoms with Gasteiger partial charge in [-0.15, -0.1) is 11.3 Å². The van der Waals surface area contributed by atoms with Gasteiger partial charge in [0.05, 0.1) is 28.1 Å². The molecule has 0 radical (unpaired) electrons. The predicted octanol–water partition coefficient (Wildman–Crippen LogP) is 3.88. The molecule has 0 N–H and O–H groups in total. The number of aromatic nitrogens is 1. The Morgan fingerprint density at radius 1 is 1.23 bits per heavy atom. The van der Waals surface area contributed by atoms with Gasteiger partial charge in [-0.3, -0.25) is 9.59 Å². The monoisotopic (exact) mass is 408 g/mol. The number of aryl methyl sites for hydroxylation is 2. The van der Waals surface area contributed by atoms with Crippen molar-refractivity contribution in [3.05, 3.63) is 49.4 Å². The van der Waals surface area contributed by atoms with Crippen LogP contribution in [0.25, 0.3) is 10.2 Å². The van der Waals surface area contributed by atoms with Crippen molar-refractivity contribution >= 4 is 56.4 Å². The lowest BCUT2D eigenvalue weighted by molar-refractivity contribution is -0.141. The van der Waals surface area contributed by atoms with Crippen molar-refractivity contribution in [2.75, 3.05) is 7.11 Å². The molecular weight excluding hydrogens is 392 g/mol. The molecule has 0 saturated carbocycles. The highest BCUT2D eigenvalue weighted by Gasteiger charge is 2.14. The van der Waals surface area contributed by atoms with Crippen LogP contribution in [0.4, 0.5) is 0 Å². The summed E-state index contributed by atoms with van der Waals surface area (Å²) in [4.78, 5) is 29.9. The zero-order valence-corrected chi connectivity index (χ0v) is 16.9. The number of rotatable bonds is 4. The maximum absolute atomic E-state index is 12.4. The van der Waals surface area contributed by atoms with Crippen LogP contribution in [-0.4, -0.2) is 23.6 Å². The van der Waals surface area contributed by atoms with Crippen LogP contribution in [0.1, 0.15) is 16.0 Å². The molecule has 1 amide bonds. The molecular formula is C18H17ClN2O3S2. The average Bonchev–Trinajstić information content (AvgIpc) is 3.12. The molecule has 0 aliphatic heterocycles. The number of benzene rings is 1. The molecule has 2 heterocycles. The third-order valence-electron chi connectivity index (χ3n) is 3.80. The number of nitrogens with zero attached hydrogens (tertiary/aromatic N) is 2. The van der Waals surface area contributed by atoms with E-state index in [2.05, 4.69) is 11.1 Å². The third kappa shape index (κ3) is 4.06. The number of fused-ring (bicyclic) bond motifs is 1. The van der Waals surface area contributed by atoms with E-state index in [1.54, 1.807) is 10.6 Å². The van der Waals surface area contributed by atoms with Crippen molar-refractivity contribution in [3.8, 4) is 0 Å². The van der Waals surface area contributed by atoms with E-state index in [-0.39, 0.29) is 24.8 Å². The molecule has 3 aromatic rings. The van der Waals surface area contributed by atoms with E-state index in [9.17, 15) is 9.59 Å². The molecule has 3 rings (SSSR count). The fraction of sp³-hybridized carbons (Fsp3) is 0.278. The summed E-state index contributed by atoms with van der Waals surface area (Å²) in [5, 5.41) is 0. The van der Waals surface area contributed by atoms with Crippen molar-refractivity contribution in [2.24, 2.45) is 4.99 Å². The van der Waals surface area contributed by atoms with Crippen molar-refractivity contribution < 1.29 is 14.3 Å². The number of hydrogen-bond donors (Lipinski definition) is 0. The highest BCUT2D eigenvalue weighted by atomic mass is 35.5. The van der Waals surface area contributed by atoms with E-state index < -0.39 is 0 Å². The second-order valence-corrected chi connectivity index (χ2v) is 8.64. The molecule has 0 saturated heterocycles. The van der Waals surface area contributed by atoms with Gasteiger partial charge in [0.15, 0.2) is 4.80 Å². The van der Waals surface area contributed by atoms with Crippen LogP contribution in [0, 0.1) is 13.8 Å². The van der Waals surface area contributed by atoms with Crippen molar-refractivity contribution in [3.63, 3.8) is 0 Å².